The molecule has 2 unspecified atom stereocenters. The first kappa shape index (κ1) is 26.0. The first-order chi connectivity index (χ1) is 18.4. The summed E-state index contributed by atoms with van der Waals surface area (Å²) in [7, 11) is 1.53. The highest BCUT2D eigenvalue weighted by Crippen LogP contribution is 2.39. The minimum absolute atomic E-state index is 0.0148. The van der Waals surface area contributed by atoms with Gasteiger partial charge in [0.1, 0.15) is 11.0 Å². The lowest BCUT2D eigenvalue weighted by molar-refractivity contribution is -0.121. The Balaban J connectivity index is 1.32. The summed E-state index contributed by atoms with van der Waals surface area (Å²) < 4.78 is 5.15. The molecule has 3 aromatic rings. The van der Waals surface area contributed by atoms with E-state index in [0.29, 0.717) is 28.0 Å². The van der Waals surface area contributed by atoms with Crippen molar-refractivity contribution in [1.29, 1.82) is 0 Å². The Morgan fingerprint density at radius 3 is 2.58 bits per heavy atom. The Labute approximate surface area is 230 Å². The van der Waals surface area contributed by atoms with Crippen LogP contribution in [0.5, 0.6) is 5.75 Å². The van der Waals surface area contributed by atoms with Crippen molar-refractivity contribution in [2.24, 2.45) is 10.1 Å². The molecule has 38 heavy (non-hydrogen) atoms. The van der Waals surface area contributed by atoms with Gasteiger partial charge in [-0.3, -0.25) is 9.59 Å². The van der Waals surface area contributed by atoms with Crippen LogP contribution in [0.2, 0.25) is 5.02 Å². The maximum atomic E-state index is 12.8. The van der Waals surface area contributed by atoms with Gasteiger partial charge in [-0.2, -0.15) is 10.1 Å². The van der Waals surface area contributed by atoms with Gasteiger partial charge < -0.3 is 10.1 Å². The zero-order chi connectivity index (χ0) is 26.6. The Hall–Kier alpha value is -3.62. The van der Waals surface area contributed by atoms with E-state index in [9.17, 15) is 9.59 Å². The average Bonchev–Trinajstić information content (AvgIpc) is 3.53. The Morgan fingerprint density at radius 2 is 1.89 bits per heavy atom. The molecule has 194 valence electrons. The molecule has 9 heteroatoms. The minimum atomic E-state index is -0.627. The van der Waals surface area contributed by atoms with Gasteiger partial charge in [0.2, 0.25) is 5.91 Å². The van der Waals surface area contributed by atoms with Crippen LogP contribution in [0.3, 0.4) is 0 Å². The molecule has 0 fully saturated rings. The van der Waals surface area contributed by atoms with Crippen LogP contribution < -0.4 is 10.1 Å². The molecule has 0 saturated carbocycles. The van der Waals surface area contributed by atoms with Crippen LogP contribution in [0, 0.1) is 0 Å². The third kappa shape index (κ3) is 5.61. The summed E-state index contributed by atoms with van der Waals surface area (Å²) in [6, 6.07) is 23.4. The number of nitrogens with zero attached hydrogens (tertiary/aromatic N) is 3. The first-order valence-electron chi connectivity index (χ1n) is 12.4. The van der Waals surface area contributed by atoms with Crippen molar-refractivity contribution in [3.63, 3.8) is 0 Å². The predicted octanol–water partition coefficient (Wildman–Crippen LogP) is 6.09. The number of carbonyl (C=O) groups excluding carboxylic acids is 2. The SMILES string of the molecule is CCc1ccc(C2CC(c3ccccc3)=NN2C2=NC(=O)C(CC(=O)Nc3ccc(OC)c(Cl)c3)S2)cc1. The van der Waals surface area contributed by atoms with Gasteiger partial charge in [-0.1, -0.05) is 84.9 Å². The number of aryl methyl sites for hydroxylation is 1. The third-order valence-electron chi connectivity index (χ3n) is 6.52. The number of hydrogen-bond acceptors (Lipinski definition) is 6. The largest absolute Gasteiger partial charge is 0.495 e. The average molecular weight is 547 g/mol. The summed E-state index contributed by atoms with van der Waals surface area (Å²) in [5, 5.41) is 9.82. The van der Waals surface area contributed by atoms with Crippen LogP contribution in [0.25, 0.3) is 0 Å². The highest BCUT2D eigenvalue weighted by Gasteiger charge is 2.39. The number of carbonyl (C=O) groups is 2. The van der Waals surface area contributed by atoms with E-state index in [4.69, 9.17) is 21.4 Å². The van der Waals surface area contributed by atoms with E-state index >= 15 is 0 Å². The standard InChI is InChI=1S/C29H27ClN4O3S/c1-3-18-9-11-20(12-10-18)24-16-23(19-7-5-4-6-8-19)33-34(24)29-32-28(36)26(38-29)17-27(35)31-21-13-14-25(37-2)22(30)15-21/h4-15,24,26H,3,16-17H2,1-2H3,(H,31,35). The highest BCUT2D eigenvalue weighted by molar-refractivity contribution is 8.15. The van der Waals surface area contributed by atoms with E-state index in [0.717, 1.165) is 23.3 Å². The number of ether oxygens (including phenoxy) is 1. The topological polar surface area (TPSA) is 83.4 Å². The number of hydrazone groups is 1. The Morgan fingerprint density at radius 1 is 1.13 bits per heavy atom. The Kier molecular flexibility index (Phi) is 7.81. The number of anilines is 1. The van der Waals surface area contributed by atoms with E-state index in [1.54, 1.807) is 18.2 Å². The van der Waals surface area contributed by atoms with Crippen molar-refractivity contribution >= 4 is 51.7 Å². The van der Waals surface area contributed by atoms with Crippen molar-refractivity contribution in [2.45, 2.75) is 37.5 Å². The molecule has 0 aromatic heterocycles. The van der Waals surface area contributed by atoms with E-state index < -0.39 is 5.25 Å². The summed E-state index contributed by atoms with van der Waals surface area (Å²) in [5.74, 6) is -0.115. The number of benzene rings is 3. The van der Waals surface area contributed by atoms with Gasteiger partial charge in [-0.25, -0.2) is 5.01 Å². The number of methoxy groups -OCH3 is 1. The van der Waals surface area contributed by atoms with E-state index in [2.05, 4.69) is 41.5 Å². The molecule has 0 radical (unpaired) electrons. The van der Waals surface area contributed by atoms with Gasteiger partial charge in [-0.05, 0) is 41.3 Å². The Bertz CT molecular complexity index is 1410. The fourth-order valence-electron chi connectivity index (χ4n) is 4.46. The second-order valence-corrected chi connectivity index (χ2v) is 10.6. The monoisotopic (exact) mass is 546 g/mol. The summed E-state index contributed by atoms with van der Waals surface area (Å²) in [5.41, 5.74) is 4.86. The molecule has 0 aliphatic carbocycles. The molecule has 1 N–H and O–H groups in total. The molecular formula is C29H27ClN4O3S. The molecule has 0 saturated heterocycles. The number of amides is 2. The van der Waals surface area contributed by atoms with Crippen molar-refractivity contribution in [3.8, 4) is 5.75 Å². The van der Waals surface area contributed by atoms with Gasteiger partial charge in [0.15, 0.2) is 5.17 Å². The van der Waals surface area contributed by atoms with Crippen LogP contribution >= 0.6 is 23.4 Å². The van der Waals surface area contributed by atoms with Crippen molar-refractivity contribution in [3.05, 3.63) is 94.5 Å². The number of nitrogens with one attached hydrogen (secondary N) is 1. The van der Waals surface area contributed by atoms with Crippen molar-refractivity contribution in [1.82, 2.24) is 5.01 Å². The third-order valence-corrected chi connectivity index (χ3v) is 7.96. The van der Waals surface area contributed by atoms with Crippen LogP contribution in [0.4, 0.5) is 5.69 Å². The van der Waals surface area contributed by atoms with E-state index in [1.165, 1.54) is 24.4 Å². The maximum Gasteiger partial charge on any atom is 0.262 e. The summed E-state index contributed by atoms with van der Waals surface area (Å²) in [6.45, 7) is 2.13. The molecule has 3 aromatic carbocycles. The van der Waals surface area contributed by atoms with Crippen LogP contribution in [-0.2, 0) is 16.0 Å². The summed E-state index contributed by atoms with van der Waals surface area (Å²) in [6.07, 6.45) is 1.63. The lowest BCUT2D eigenvalue weighted by Crippen LogP contribution is -2.25. The van der Waals surface area contributed by atoms with Crippen LogP contribution in [0.15, 0.2) is 82.9 Å². The smallest absolute Gasteiger partial charge is 0.262 e. The normalized spacial score (nSPS) is 18.8. The number of hydrogen-bond donors (Lipinski definition) is 1. The fourth-order valence-corrected chi connectivity index (χ4v) is 5.78. The molecule has 2 atom stereocenters. The second-order valence-electron chi connectivity index (χ2n) is 9.01. The minimum Gasteiger partial charge on any atom is -0.495 e. The highest BCUT2D eigenvalue weighted by atomic mass is 35.5. The molecule has 2 aliphatic heterocycles. The molecule has 0 spiro atoms. The number of thioether (sulfide) groups is 1. The maximum absolute atomic E-state index is 12.8. The summed E-state index contributed by atoms with van der Waals surface area (Å²) >= 11 is 7.44. The lowest BCUT2D eigenvalue weighted by Gasteiger charge is -2.23. The molecule has 2 heterocycles. The first-order valence-corrected chi connectivity index (χ1v) is 13.6. The van der Waals surface area contributed by atoms with Gasteiger partial charge in [0.25, 0.3) is 5.91 Å². The zero-order valence-electron chi connectivity index (χ0n) is 21.1. The van der Waals surface area contributed by atoms with Crippen LogP contribution in [0.1, 0.15) is 42.5 Å². The fraction of sp³-hybridized carbons (Fsp3) is 0.241. The van der Waals surface area contributed by atoms with Gasteiger partial charge >= 0.3 is 0 Å². The molecule has 7 nitrogen and oxygen atoms in total. The van der Waals surface area contributed by atoms with Crippen molar-refractivity contribution < 1.29 is 14.3 Å². The van der Waals surface area contributed by atoms with E-state index in [-0.39, 0.29) is 24.3 Å². The van der Waals surface area contributed by atoms with E-state index in [1.807, 2.05) is 35.3 Å². The van der Waals surface area contributed by atoms with Gasteiger partial charge in [-0.15, -0.1) is 0 Å². The molecule has 0 bridgehead atoms. The quantitative estimate of drug-likeness (QED) is 0.388. The number of aliphatic imine (C=N–C) groups is 1. The second kappa shape index (κ2) is 11.4. The number of rotatable bonds is 7. The molecular weight excluding hydrogens is 520 g/mol. The van der Waals surface area contributed by atoms with Gasteiger partial charge in [0.05, 0.1) is 23.9 Å². The van der Waals surface area contributed by atoms with Crippen molar-refractivity contribution in [2.75, 3.05) is 12.4 Å². The van der Waals surface area contributed by atoms with Crippen LogP contribution in [-0.4, -0.2) is 40.1 Å². The molecule has 5 rings (SSSR count). The summed E-state index contributed by atoms with van der Waals surface area (Å²) in [4.78, 5) is 29.9. The molecule has 2 amide bonds. The number of amidine groups is 1. The molecule has 2 aliphatic rings. The number of halogens is 1. The van der Waals surface area contributed by atoms with Gasteiger partial charge in [0, 0.05) is 18.5 Å². The predicted molar refractivity (Wildman–Crippen MR) is 153 cm³/mol. The lowest BCUT2D eigenvalue weighted by atomic mass is 9.97. The zero-order valence-corrected chi connectivity index (χ0v) is 22.6.